The minimum atomic E-state index is -2.98. The highest BCUT2D eigenvalue weighted by molar-refractivity contribution is 6.47. The van der Waals surface area contributed by atoms with Gasteiger partial charge in [-0.25, -0.2) is 8.78 Å². The highest BCUT2D eigenvalue weighted by Gasteiger charge is 2.52. The van der Waals surface area contributed by atoms with Gasteiger partial charge in [0.05, 0.1) is 5.03 Å². The van der Waals surface area contributed by atoms with Gasteiger partial charge in [-0.15, -0.1) is 23.2 Å². The van der Waals surface area contributed by atoms with Gasteiger partial charge in [0.25, 0.3) is 5.92 Å². The van der Waals surface area contributed by atoms with Crippen molar-refractivity contribution >= 4 is 34.8 Å². The molecule has 13 heavy (non-hydrogen) atoms. The van der Waals surface area contributed by atoms with Gasteiger partial charge in [0.1, 0.15) is 4.84 Å². The van der Waals surface area contributed by atoms with Gasteiger partial charge in [0.2, 0.25) is 0 Å². The van der Waals surface area contributed by atoms with Gasteiger partial charge >= 0.3 is 0 Å². The molecule has 0 nitrogen and oxygen atoms in total. The molecule has 0 aromatic carbocycles. The average Bonchev–Trinajstić information content (AvgIpc) is 1.96. The quantitative estimate of drug-likeness (QED) is 0.606. The normalized spacial score (nSPS) is 25.8. The van der Waals surface area contributed by atoms with Crippen LogP contribution in [0.3, 0.4) is 0 Å². The monoisotopic (exact) mass is 248 g/mol. The Bertz CT molecular complexity index is 256. The van der Waals surface area contributed by atoms with Crippen LogP contribution in [0.1, 0.15) is 20.3 Å². The Labute approximate surface area is 90.8 Å². The van der Waals surface area contributed by atoms with Crippen LogP contribution in [0.4, 0.5) is 8.78 Å². The highest BCUT2D eigenvalue weighted by Crippen LogP contribution is 2.54. The van der Waals surface area contributed by atoms with E-state index in [1.165, 1.54) is 0 Å². The van der Waals surface area contributed by atoms with E-state index in [4.69, 9.17) is 34.8 Å². The van der Waals surface area contributed by atoms with Crippen molar-refractivity contribution in [2.75, 3.05) is 0 Å². The highest BCUT2D eigenvalue weighted by atomic mass is 35.5. The zero-order valence-electron chi connectivity index (χ0n) is 7.17. The van der Waals surface area contributed by atoms with Crippen LogP contribution in [0.5, 0.6) is 0 Å². The summed E-state index contributed by atoms with van der Waals surface area (Å²) in [4.78, 5) is -0.962. The Balaban J connectivity index is 3.18. The Morgan fingerprint density at radius 3 is 1.92 bits per heavy atom. The minimum absolute atomic E-state index is 0.238. The first kappa shape index (κ1) is 11.5. The fourth-order valence-electron chi connectivity index (χ4n) is 1.61. The second-order valence-electron chi connectivity index (χ2n) is 3.79. The third-order valence-corrected chi connectivity index (χ3v) is 3.09. The Kier molecular flexibility index (Phi) is 2.89. The number of alkyl halides is 4. The van der Waals surface area contributed by atoms with Crippen LogP contribution in [0.25, 0.3) is 0 Å². The van der Waals surface area contributed by atoms with Crippen LogP contribution >= 0.6 is 34.8 Å². The molecular formula is C8H9Cl3F2. The van der Waals surface area contributed by atoms with E-state index < -0.39 is 21.2 Å². The molecule has 0 fully saturated rings. The number of rotatable bonds is 1. The smallest absolute Gasteiger partial charge is 0.200 e. The summed E-state index contributed by atoms with van der Waals surface area (Å²) in [5.41, 5.74) is -0.489. The first-order valence-corrected chi connectivity index (χ1v) is 5.00. The molecule has 0 saturated heterocycles. The predicted molar refractivity (Wildman–Crippen MR) is 51.7 cm³/mol. The molecule has 76 valence electrons. The molecule has 5 heteroatoms. The minimum Gasteiger partial charge on any atom is -0.200 e. The molecule has 1 rings (SSSR count). The lowest BCUT2D eigenvalue weighted by molar-refractivity contribution is 0.0299. The summed E-state index contributed by atoms with van der Waals surface area (Å²) in [5.74, 6) is -2.98. The number of hydrogen-bond acceptors (Lipinski definition) is 0. The summed E-state index contributed by atoms with van der Waals surface area (Å²) in [6.07, 6.45) is -0.329. The number of allylic oxidation sites excluding steroid dienone is 2. The largest absolute Gasteiger partial charge is 0.284 e. The first-order valence-electron chi connectivity index (χ1n) is 3.75. The van der Waals surface area contributed by atoms with Crippen molar-refractivity contribution in [3.8, 4) is 0 Å². The summed E-state index contributed by atoms with van der Waals surface area (Å²) in [6.45, 7) is 3.31. The van der Waals surface area contributed by atoms with Crippen molar-refractivity contribution < 1.29 is 8.78 Å². The summed E-state index contributed by atoms with van der Waals surface area (Å²) >= 11 is 16.7. The summed E-state index contributed by atoms with van der Waals surface area (Å²) in [7, 11) is 0. The molecule has 0 spiro atoms. The van der Waals surface area contributed by atoms with Gasteiger partial charge in [-0.05, 0) is 11.0 Å². The van der Waals surface area contributed by atoms with Crippen molar-refractivity contribution in [3.05, 3.63) is 10.6 Å². The van der Waals surface area contributed by atoms with Gasteiger partial charge in [0, 0.05) is 6.42 Å². The zero-order chi connectivity index (χ0) is 10.4. The Hall–Kier alpha value is 0.470. The first-order chi connectivity index (χ1) is 5.68. The molecule has 1 aliphatic carbocycles. The lowest BCUT2D eigenvalue weighted by atomic mass is 9.86. The third kappa shape index (κ3) is 1.95. The van der Waals surface area contributed by atoms with Crippen LogP contribution in [-0.4, -0.2) is 10.8 Å². The van der Waals surface area contributed by atoms with Crippen LogP contribution in [0.15, 0.2) is 10.6 Å². The van der Waals surface area contributed by atoms with E-state index in [1.54, 1.807) is 13.8 Å². The van der Waals surface area contributed by atoms with Crippen molar-refractivity contribution in [3.63, 3.8) is 0 Å². The SMILES string of the molecule is CC1(C)CC(F)(F)C(Cl)=C1C(Cl)Cl. The van der Waals surface area contributed by atoms with Gasteiger partial charge in [-0.2, -0.15) is 0 Å². The average molecular weight is 250 g/mol. The van der Waals surface area contributed by atoms with Crippen molar-refractivity contribution in [1.82, 2.24) is 0 Å². The molecule has 0 atom stereocenters. The third-order valence-electron chi connectivity index (χ3n) is 2.17. The van der Waals surface area contributed by atoms with Gasteiger partial charge in [-0.3, -0.25) is 0 Å². The zero-order valence-corrected chi connectivity index (χ0v) is 9.44. The van der Waals surface area contributed by atoms with E-state index in [9.17, 15) is 8.78 Å². The van der Waals surface area contributed by atoms with E-state index >= 15 is 0 Å². The molecule has 0 saturated carbocycles. The standard InChI is InChI=1S/C8H9Cl3F2/c1-7(2)3-8(12,13)5(9)4(7)6(10)11/h6H,3H2,1-2H3. The lowest BCUT2D eigenvalue weighted by Gasteiger charge is -2.22. The van der Waals surface area contributed by atoms with Crippen LogP contribution < -0.4 is 0 Å². The summed E-state index contributed by atoms with van der Waals surface area (Å²) in [5, 5.41) is -0.493. The molecule has 0 radical (unpaired) electrons. The van der Waals surface area contributed by atoms with E-state index in [2.05, 4.69) is 0 Å². The van der Waals surface area contributed by atoms with Crippen molar-refractivity contribution in [2.24, 2.45) is 5.41 Å². The molecule has 0 aromatic heterocycles. The van der Waals surface area contributed by atoms with Gasteiger partial charge < -0.3 is 0 Å². The Morgan fingerprint density at radius 1 is 1.31 bits per heavy atom. The predicted octanol–water partition coefficient (Wildman–Crippen LogP) is 4.35. The fraction of sp³-hybridized carbons (Fsp3) is 0.750. The molecule has 0 unspecified atom stereocenters. The maximum absolute atomic E-state index is 13.1. The maximum Gasteiger partial charge on any atom is 0.284 e. The molecule has 0 bridgehead atoms. The van der Waals surface area contributed by atoms with Gasteiger partial charge in [-0.1, -0.05) is 25.4 Å². The van der Waals surface area contributed by atoms with Crippen LogP contribution in [-0.2, 0) is 0 Å². The topological polar surface area (TPSA) is 0 Å². The molecule has 0 aromatic rings. The lowest BCUT2D eigenvalue weighted by Crippen LogP contribution is -2.18. The fourth-order valence-corrected chi connectivity index (χ4v) is 2.97. The van der Waals surface area contributed by atoms with Crippen molar-refractivity contribution in [1.29, 1.82) is 0 Å². The molecule has 0 amide bonds. The second-order valence-corrected chi connectivity index (χ2v) is 5.27. The maximum atomic E-state index is 13.1. The molecular weight excluding hydrogens is 240 g/mol. The van der Waals surface area contributed by atoms with Crippen LogP contribution in [0.2, 0.25) is 0 Å². The van der Waals surface area contributed by atoms with E-state index in [0.29, 0.717) is 0 Å². The second kappa shape index (κ2) is 3.25. The summed E-state index contributed by atoms with van der Waals surface area (Å²) in [6, 6.07) is 0. The number of halogens is 5. The molecule has 0 heterocycles. The summed E-state index contributed by atoms with van der Waals surface area (Å²) < 4.78 is 26.3. The van der Waals surface area contributed by atoms with E-state index in [-0.39, 0.29) is 12.0 Å². The Morgan fingerprint density at radius 2 is 1.77 bits per heavy atom. The van der Waals surface area contributed by atoms with E-state index in [0.717, 1.165) is 0 Å². The number of hydrogen-bond donors (Lipinski definition) is 0. The van der Waals surface area contributed by atoms with Gasteiger partial charge in [0.15, 0.2) is 0 Å². The van der Waals surface area contributed by atoms with Crippen molar-refractivity contribution in [2.45, 2.75) is 31.0 Å². The van der Waals surface area contributed by atoms with Crippen LogP contribution in [0, 0.1) is 5.41 Å². The molecule has 0 N–H and O–H groups in total. The molecule has 0 aliphatic heterocycles. The molecule has 1 aliphatic rings. The van der Waals surface area contributed by atoms with E-state index in [1.807, 2.05) is 0 Å².